The van der Waals surface area contributed by atoms with E-state index in [1.54, 1.807) is 0 Å². The van der Waals surface area contributed by atoms with Crippen LogP contribution in [0.25, 0.3) is 0 Å². The van der Waals surface area contributed by atoms with Crippen molar-refractivity contribution in [1.82, 2.24) is 9.23 Å². The van der Waals surface area contributed by atoms with Gasteiger partial charge in [0, 0.05) is 6.07 Å². The molecule has 0 fully saturated rings. The number of pyridine rings is 1. The van der Waals surface area contributed by atoms with E-state index in [9.17, 15) is 0 Å². The van der Waals surface area contributed by atoms with Gasteiger partial charge in [0.1, 0.15) is 0 Å². The Labute approximate surface area is 85.0 Å². The van der Waals surface area contributed by atoms with Crippen LogP contribution in [0.5, 0.6) is 0 Å². The maximum absolute atomic E-state index is 5.91. The molecule has 0 unspecified atom stereocenters. The average Bonchev–Trinajstić information content (AvgIpc) is 2.01. The van der Waals surface area contributed by atoms with Gasteiger partial charge in [-0.25, -0.2) is 4.98 Å². The van der Waals surface area contributed by atoms with Crippen LogP contribution >= 0.6 is 11.6 Å². The van der Waals surface area contributed by atoms with Crippen molar-refractivity contribution in [3.8, 4) is 0 Å². The second kappa shape index (κ2) is 3.68. The van der Waals surface area contributed by atoms with Crippen molar-refractivity contribution in [3.05, 3.63) is 28.8 Å². The Kier molecular flexibility index (Phi) is 2.98. The summed E-state index contributed by atoms with van der Waals surface area (Å²) in [6.45, 7) is 6.88. The van der Waals surface area contributed by atoms with Gasteiger partial charge in [-0.1, -0.05) is 11.6 Å². The van der Waals surface area contributed by atoms with Gasteiger partial charge in [-0.15, -0.1) is 0 Å². The molecular weight excluding hydrogens is 200 g/mol. The Hall–Kier alpha value is -0.543. The minimum absolute atomic E-state index is 0.777. The smallest absolute Gasteiger partial charge is 0.261 e. The van der Waals surface area contributed by atoms with E-state index in [4.69, 9.17) is 11.6 Å². The molecule has 0 aromatic carbocycles. The zero-order valence-electron chi connectivity index (χ0n) is 8.56. The predicted molar refractivity (Wildman–Crippen MR) is 60.3 cm³/mol. The van der Waals surface area contributed by atoms with Crippen molar-refractivity contribution in [3.63, 3.8) is 0 Å². The molecule has 4 heteroatoms. The molecular formula is C9H16ClN2Si+. The van der Waals surface area contributed by atoms with E-state index in [-0.39, 0.29) is 0 Å². The van der Waals surface area contributed by atoms with Crippen LogP contribution in [0.2, 0.25) is 24.7 Å². The molecule has 1 aromatic rings. The van der Waals surface area contributed by atoms with Crippen molar-refractivity contribution >= 4 is 19.8 Å². The number of nitrogens with zero attached hydrogens (tertiary/aromatic N) is 1. The number of nitrogens with one attached hydrogen (secondary N) is 1. The first kappa shape index (κ1) is 10.5. The van der Waals surface area contributed by atoms with Gasteiger partial charge >= 0.3 is 0 Å². The lowest BCUT2D eigenvalue weighted by Gasteiger charge is -2.14. The molecule has 72 valence electrons. The fourth-order valence-corrected chi connectivity index (χ4v) is 2.00. The topological polar surface area (TPSA) is 18.8 Å². The molecule has 1 aromatic heterocycles. The number of aromatic amines is 1. The highest BCUT2D eigenvalue weighted by Gasteiger charge is 2.21. The van der Waals surface area contributed by atoms with Gasteiger partial charge in [0.25, 0.3) is 13.7 Å². The van der Waals surface area contributed by atoms with E-state index < -0.39 is 8.24 Å². The Morgan fingerprint density at radius 2 is 2.00 bits per heavy atom. The van der Waals surface area contributed by atoms with Gasteiger partial charge in [0.2, 0.25) is 0 Å². The van der Waals surface area contributed by atoms with Gasteiger partial charge < -0.3 is 4.24 Å². The normalized spacial score (nSPS) is 14.2. The van der Waals surface area contributed by atoms with Crippen LogP contribution in [0.4, 0.5) is 0 Å². The summed E-state index contributed by atoms with van der Waals surface area (Å²) in [6.07, 6.45) is 1.87. The Bertz CT molecular complexity index is 362. The van der Waals surface area contributed by atoms with Crippen LogP contribution < -0.4 is 9.73 Å². The summed E-state index contributed by atoms with van der Waals surface area (Å²) in [5.41, 5.74) is 1.09. The molecule has 0 bridgehead atoms. The largest absolute Gasteiger partial charge is 0.314 e. The second-order valence-corrected chi connectivity index (χ2v) is 9.57. The zero-order chi connectivity index (χ0) is 10.1. The highest BCUT2D eigenvalue weighted by atomic mass is 35.5. The van der Waals surface area contributed by atoms with Crippen molar-refractivity contribution in [2.45, 2.75) is 19.6 Å². The number of hydrogen-bond acceptors (Lipinski definition) is 0. The number of aromatic nitrogens is 1. The molecule has 0 saturated carbocycles. The monoisotopic (exact) mass is 215 g/mol. The average molecular weight is 216 g/mol. The maximum atomic E-state index is 5.91. The van der Waals surface area contributed by atoms with Gasteiger partial charge in [0.15, 0.2) is 0 Å². The summed E-state index contributed by atoms with van der Waals surface area (Å²) >= 11 is 5.91. The first-order valence-corrected chi connectivity index (χ1v) is 8.15. The molecule has 0 radical (unpaired) electrons. The highest BCUT2D eigenvalue weighted by Crippen LogP contribution is 2.01. The molecule has 13 heavy (non-hydrogen) atoms. The number of halogens is 1. The minimum atomic E-state index is -1.28. The quantitative estimate of drug-likeness (QED) is 0.691. The second-order valence-electron chi connectivity index (χ2n) is 4.12. The van der Waals surface area contributed by atoms with E-state index in [0.29, 0.717) is 0 Å². The standard InChI is InChI=1S/C9H15ClN2Si/c1-12(13(2,3)4)9-7-8(10)5-6-11-9/h5-7H,1-4H3/p+1. The molecule has 0 aliphatic carbocycles. The van der Waals surface area contributed by atoms with Crippen LogP contribution in [0.3, 0.4) is 0 Å². The van der Waals surface area contributed by atoms with E-state index in [2.05, 4.69) is 35.9 Å². The third kappa shape index (κ3) is 2.71. The summed E-state index contributed by atoms with van der Waals surface area (Å²) in [5.74, 6) is 0. The Morgan fingerprint density at radius 1 is 1.38 bits per heavy atom. The van der Waals surface area contributed by atoms with Crippen LogP contribution in [-0.4, -0.2) is 20.3 Å². The number of hydrogen-bond donors (Lipinski definition) is 1. The van der Waals surface area contributed by atoms with E-state index in [0.717, 1.165) is 10.5 Å². The Morgan fingerprint density at radius 3 is 2.46 bits per heavy atom. The van der Waals surface area contributed by atoms with Crippen molar-refractivity contribution in [2.24, 2.45) is 0 Å². The summed E-state index contributed by atoms with van der Waals surface area (Å²) in [6, 6.07) is 3.81. The minimum Gasteiger partial charge on any atom is -0.314 e. The third-order valence-electron chi connectivity index (χ3n) is 2.12. The highest BCUT2D eigenvalue weighted by molar-refractivity contribution is 6.74. The molecule has 0 spiro atoms. The molecule has 0 aliphatic rings. The van der Waals surface area contributed by atoms with Crippen LogP contribution in [0, 0.1) is 0 Å². The first-order chi connectivity index (χ1) is 5.91. The molecule has 0 saturated heterocycles. The van der Waals surface area contributed by atoms with Crippen LogP contribution in [0.1, 0.15) is 0 Å². The van der Waals surface area contributed by atoms with E-state index in [1.165, 1.54) is 0 Å². The van der Waals surface area contributed by atoms with Gasteiger partial charge in [0.05, 0.1) is 18.3 Å². The summed E-state index contributed by atoms with van der Waals surface area (Å²) < 4.78 is 2.29. The van der Waals surface area contributed by atoms with Crippen LogP contribution in [-0.2, 0) is 0 Å². The van der Waals surface area contributed by atoms with Crippen LogP contribution in [0.15, 0.2) is 18.3 Å². The Balaban J connectivity index is 3.34. The molecule has 1 heterocycles. The van der Waals surface area contributed by atoms with Crippen molar-refractivity contribution < 1.29 is 0 Å². The van der Waals surface area contributed by atoms with E-state index >= 15 is 0 Å². The van der Waals surface area contributed by atoms with Crippen molar-refractivity contribution in [1.29, 1.82) is 0 Å². The maximum Gasteiger partial charge on any atom is 0.261 e. The molecule has 0 amide bonds. The first-order valence-electron chi connectivity index (χ1n) is 4.32. The summed E-state index contributed by atoms with van der Waals surface area (Å²) in [4.78, 5) is 3.19. The van der Waals surface area contributed by atoms with Gasteiger partial charge in [-0.05, 0) is 25.7 Å². The van der Waals surface area contributed by atoms with E-state index in [1.807, 2.05) is 18.3 Å². The number of H-pyrrole nitrogens is 1. The summed E-state index contributed by atoms with van der Waals surface area (Å²) in [5, 5.41) is 0.777. The molecule has 0 atom stereocenters. The van der Waals surface area contributed by atoms with Gasteiger partial charge in [-0.3, -0.25) is 0 Å². The molecule has 2 nitrogen and oxygen atoms in total. The zero-order valence-corrected chi connectivity index (χ0v) is 10.3. The lowest BCUT2D eigenvalue weighted by atomic mass is 10.5. The summed E-state index contributed by atoms with van der Waals surface area (Å²) in [7, 11) is 0.825. The molecule has 0 aliphatic heterocycles. The van der Waals surface area contributed by atoms with Crippen molar-refractivity contribution in [2.75, 3.05) is 7.05 Å². The third-order valence-corrected chi connectivity index (χ3v) is 4.60. The van der Waals surface area contributed by atoms with Gasteiger partial charge in [-0.2, -0.15) is 0 Å². The fourth-order valence-electron chi connectivity index (χ4n) is 0.982. The molecule has 1 rings (SSSR count). The molecule has 1 N–H and O–H groups in total. The number of rotatable bonds is 1. The lowest BCUT2D eigenvalue weighted by molar-refractivity contribution is 0.888. The lowest BCUT2D eigenvalue weighted by Crippen LogP contribution is -2.46. The fraction of sp³-hybridized carbons (Fsp3) is 0.444. The predicted octanol–water partition coefficient (Wildman–Crippen LogP) is 1.90. The SMILES string of the molecule is C[N+](=c1cc(Cl)cc[nH]1)[Si](C)(C)C.